The van der Waals surface area contributed by atoms with Crippen molar-refractivity contribution in [3.63, 3.8) is 0 Å². The van der Waals surface area contributed by atoms with Crippen LogP contribution in [0.15, 0.2) is 5.38 Å². The molecule has 0 saturated carbocycles. The van der Waals surface area contributed by atoms with Crippen LogP contribution >= 0.6 is 11.3 Å². The molecule has 0 aliphatic carbocycles. The summed E-state index contributed by atoms with van der Waals surface area (Å²) in [6.07, 6.45) is 2.63. The number of aromatic nitrogens is 1. The molecule has 0 spiro atoms. The van der Waals surface area contributed by atoms with Gasteiger partial charge in [0.15, 0.2) is 0 Å². The molecule has 1 aromatic rings. The highest BCUT2D eigenvalue weighted by molar-refractivity contribution is 7.09. The lowest BCUT2D eigenvalue weighted by Gasteiger charge is -2.28. The Kier molecular flexibility index (Phi) is 6.57. The van der Waals surface area contributed by atoms with Crippen molar-refractivity contribution in [2.75, 3.05) is 19.6 Å². The zero-order chi connectivity index (χ0) is 18.6. The van der Waals surface area contributed by atoms with Crippen LogP contribution in [0.1, 0.15) is 57.7 Å². The minimum absolute atomic E-state index is 0.0131. The normalized spacial score (nSPS) is 19.4. The Morgan fingerprint density at radius 3 is 2.64 bits per heavy atom. The van der Waals surface area contributed by atoms with E-state index in [-0.39, 0.29) is 23.9 Å². The number of hydrogen-bond donors (Lipinski definition) is 1. The molecule has 1 aliphatic heterocycles. The predicted molar refractivity (Wildman–Crippen MR) is 98.8 cm³/mol. The predicted octanol–water partition coefficient (Wildman–Crippen LogP) is 2.73. The summed E-state index contributed by atoms with van der Waals surface area (Å²) >= 11 is 1.71. The molecule has 7 heteroatoms. The average Bonchev–Trinajstić information content (AvgIpc) is 2.85. The number of rotatable bonds is 5. The van der Waals surface area contributed by atoms with Crippen molar-refractivity contribution in [2.45, 2.75) is 65.0 Å². The highest BCUT2D eigenvalue weighted by Gasteiger charge is 2.26. The zero-order valence-electron chi connectivity index (χ0n) is 15.6. The maximum Gasteiger partial charge on any atom is 0.323 e. The van der Waals surface area contributed by atoms with E-state index < -0.39 is 5.97 Å². The topological polar surface area (TPSA) is 73.7 Å². The van der Waals surface area contributed by atoms with Crippen LogP contribution in [0.4, 0.5) is 0 Å². The van der Waals surface area contributed by atoms with Crippen LogP contribution in [-0.2, 0) is 21.5 Å². The largest absolute Gasteiger partial charge is 0.480 e. The van der Waals surface area contributed by atoms with Gasteiger partial charge in [-0.25, -0.2) is 4.98 Å². The molecule has 2 heterocycles. The van der Waals surface area contributed by atoms with Gasteiger partial charge in [-0.05, 0) is 25.8 Å². The first-order valence-corrected chi connectivity index (χ1v) is 9.71. The zero-order valence-corrected chi connectivity index (χ0v) is 16.4. The highest BCUT2D eigenvalue weighted by atomic mass is 32.1. The van der Waals surface area contributed by atoms with Gasteiger partial charge in [0.25, 0.3) is 0 Å². The van der Waals surface area contributed by atoms with Gasteiger partial charge < -0.3 is 10.0 Å². The molecule has 1 atom stereocenters. The third-order valence-corrected chi connectivity index (χ3v) is 5.84. The third kappa shape index (κ3) is 5.78. The lowest BCUT2D eigenvalue weighted by Crippen LogP contribution is -2.42. The molecular formula is C18H29N3O3S. The minimum atomic E-state index is -0.950. The van der Waals surface area contributed by atoms with Crippen LogP contribution in [0, 0.1) is 0 Å². The van der Waals surface area contributed by atoms with Crippen molar-refractivity contribution in [1.29, 1.82) is 0 Å². The fourth-order valence-corrected chi connectivity index (χ4v) is 4.10. The van der Waals surface area contributed by atoms with Gasteiger partial charge in [-0.1, -0.05) is 20.8 Å². The summed E-state index contributed by atoms with van der Waals surface area (Å²) in [6, 6.07) is 0.0131. The van der Waals surface area contributed by atoms with Crippen LogP contribution in [0.5, 0.6) is 0 Å². The monoisotopic (exact) mass is 367 g/mol. The fraction of sp³-hybridized carbons (Fsp3) is 0.722. The van der Waals surface area contributed by atoms with E-state index >= 15 is 0 Å². The number of amides is 1. The molecule has 6 nitrogen and oxygen atoms in total. The van der Waals surface area contributed by atoms with Gasteiger partial charge in [0.05, 0.1) is 10.7 Å². The van der Waals surface area contributed by atoms with Gasteiger partial charge in [0.1, 0.15) is 6.54 Å². The molecule has 1 amide bonds. The summed E-state index contributed by atoms with van der Waals surface area (Å²) in [7, 11) is 0. The second-order valence-corrected chi connectivity index (χ2v) is 8.65. The standard InChI is InChI=1S/C18H29N3O3S/c1-13(22)21(11-16(23)24)15-6-5-8-20(9-7-15)10-14-12-25-17(19-14)18(2,3)4/h12,15H,5-11H2,1-4H3,(H,23,24). The Hall–Kier alpha value is -1.47. The molecule has 1 fully saturated rings. The lowest BCUT2D eigenvalue weighted by molar-refractivity contribution is -0.145. The molecule has 1 N–H and O–H groups in total. The Bertz CT molecular complexity index is 609. The molecule has 1 unspecified atom stereocenters. The minimum Gasteiger partial charge on any atom is -0.480 e. The second kappa shape index (κ2) is 8.27. The summed E-state index contributed by atoms with van der Waals surface area (Å²) in [5, 5.41) is 12.3. The van der Waals surface area contributed by atoms with Crippen LogP contribution < -0.4 is 0 Å². The van der Waals surface area contributed by atoms with Gasteiger partial charge in [-0.15, -0.1) is 11.3 Å². The summed E-state index contributed by atoms with van der Waals surface area (Å²) in [5.74, 6) is -1.11. The smallest absolute Gasteiger partial charge is 0.323 e. The van der Waals surface area contributed by atoms with Gasteiger partial charge in [-0.2, -0.15) is 0 Å². The van der Waals surface area contributed by atoms with E-state index in [1.807, 2.05) is 0 Å². The van der Waals surface area contributed by atoms with Gasteiger partial charge in [0, 0.05) is 36.9 Å². The first-order valence-electron chi connectivity index (χ1n) is 8.83. The molecule has 2 rings (SSSR count). The molecule has 1 aliphatic rings. The van der Waals surface area contributed by atoms with E-state index in [1.54, 1.807) is 11.3 Å². The van der Waals surface area contributed by atoms with Crippen molar-refractivity contribution in [3.05, 3.63) is 16.1 Å². The lowest BCUT2D eigenvalue weighted by atomic mass is 9.98. The molecule has 0 bridgehead atoms. The van der Waals surface area contributed by atoms with Gasteiger partial charge >= 0.3 is 5.97 Å². The van der Waals surface area contributed by atoms with Crippen LogP contribution in [0.3, 0.4) is 0 Å². The number of carbonyl (C=O) groups is 2. The van der Waals surface area contributed by atoms with Crippen molar-refractivity contribution >= 4 is 23.2 Å². The van der Waals surface area contributed by atoms with E-state index in [4.69, 9.17) is 10.1 Å². The van der Waals surface area contributed by atoms with Gasteiger partial charge in [-0.3, -0.25) is 14.5 Å². The summed E-state index contributed by atoms with van der Waals surface area (Å²) < 4.78 is 0. The summed E-state index contributed by atoms with van der Waals surface area (Å²) in [5.41, 5.74) is 1.17. The molecule has 1 saturated heterocycles. The van der Waals surface area contributed by atoms with Crippen molar-refractivity contribution in [3.8, 4) is 0 Å². The summed E-state index contributed by atoms with van der Waals surface area (Å²) in [6.45, 7) is 10.4. The Labute approximate surface area is 153 Å². The Balaban J connectivity index is 1.95. The number of aliphatic carboxylic acids is 1. The third-order valence-electron chi connectivity index (χ3n) is 4.52. The molecule has 1 aromatic heterocycles. The first kappa shape index (κ1) is 19.8. The van der Waals surface area contributed by atoms with E-state index in [0.29, 0.717) is 0 Å². The fourth-order valence-electron chi connectivity index (χ4n) is 3.20. The quantitative estimate of drug-likeness (QED) is 0.866. The molecule has 0 radical (unpaired) electrons. The van der Waals surface area contributed by atoms with E-state index in [0.717, 1.165) is 49.6 Å². The number of likely N-dealkylation sites (tertiary alicyclic amines) is 1. The number of thiazole rings is 1. The van der Waals surface area contributed by atoms with Crippen LogP contribution in [-0.4, -0.2) is 57.4 Å². The van der Waals surface area contributed by atoms with Crippen molar-refractivity contribution < 1.29 is 14.7 Å². The van der Waals surface area contributed by atoms with Crippen molar-refractivity contribution in [2.24, 2.45) is 0 Å². The number of hydrogen-bond acceptors (Lipinski definition) is 5. The molecule has 0 aromatic carbocycles. The number of carboxylic acids is 1. The number of carbonyl (C=O) groups excluding carboxylic acids is 1. The Morgan fingerprint density at radius 1 is 1.36 bits per heavy atom. The highest BCUT2D eigenvalue weighted by Crippen LogP contribution is 2.26. The number of nitrogens with zero attached hydrogens (tertiary/aromatic N) is 3. The maximum absolute atomic E-state index is 11.8. The Morgan fingerprint density at radius 2 is 2.08 bits per heavy atom. The molecular weight excluding hydrogens is 338 g/mol. The van der Waals surface area contributed by atoms with Crippen molar-refractivity contribution in [1.82, 2.24) is 14.8 Å². The average molecular weight is 368 g/mol. The second-order valence-electron chi connectivity index (χ2n) is 7.80. The maximum atomic E-state index is 11.8. The van der Waals surface area contributed by atoms with E-state index in [1.165, 1.54) is 11.8 Å². The SMILES string of the molecule is CC(=O)N(CC(=O)O)C1CCCN(Cc2csc(C(C)(C)C)n2)CC1. The van der Waals surface area contributed by atoms with Gasteiger partial charge in [0.2, 0.25) is 5.91 Å². The summed E-state index contributed by atoms with van der Waals surface area (Å²) in [4.78, 5) is 31.5. The van der Waals surface area contributed by atoms with E-state index in [2.05, 4.69) is 31.1 Å². The molecule has 25 heavy (non-hydrogen) atoms. The van der Waals surface area contributed by atoms with Crippen LogP contribution in [0.2, 0.25) is 0 Å². The molecule has 140 valence electrons. The van der Waals surface area contributed by atoms with Crippen LogP contribution in [0.25, 0.3) is 0 Å². The number of carboxylic acid groups (broad SMARTS) is 1. The van der Waals surface area contributed by atoms with E-state index in [9.17, 15) is 9.59 Å². The first-order chi connectivity index (χ1) is 11.7.